The van der Waals surface area contributed by atoms with Crippen molar-refractivity contribution in [1.29, 1.82) is 0 Å². The summed E-state index contributed by atoms with van der Waals surface area (Å²) in [6.07, 6.45) is 12.0. The minimum Gasteiger partial charge on any atom is -0.353 e. The van der Waals surface area contributed by atoms with E-state index in [-0.39, 0.29) is 5.91 Å². The molecule has 1 aromatic heterocycles. The summed E-state index contributed by atoms with van der Waals surface area (Å²) in [5.41, 5.74) is 4.64. The zero-order valence-corrected chi connectivity index (χ0v) is 16.5. The summed E-state index contributed by atoms with van der Waals surface area (Å²) in [6.45, 7) is 0.677. The molecule has 0 saturated carbocycles. The number of nitrogens with one attached hydrogen (secondary N) is 1. The molecule has 0 aliphatic rings. The zero-order valence-electron chi connectivity index (χ0n) is 16.5. The van der Waals surface area contributed by atoms with Crippen LogP contribution >= 0.6 is 0 Å². The van der Waals surface area contributed by atoms with E-state index in [9.17, 15) is 4.79 Å². The second-order valence-electron chi connectivity index (χ2n) is 6.76. The summed E-state index contributed by atoms with van der Waals surface area (Å²) in [5, 5.41) is 2.94. The van der Waals surface area contributed by atoms with Gasteiger partial charge in [0.1, 0.15) is 0 Å². The van der Waals surface area contributed by atoms with Gasteiger partial charge in [0, 0.05) is 25.0 Å². The van der Waals surface area contributed by atoms with E-state index in [0.29, 0.717) is 6.54 Å². The van der Waals surface area contributed by atoms with Crippen molar-refractivity contribution in [3.8, 4) is 0 Å². The minimum absolute atomic E-state index is 0.0707. The summed E-state index contributed by atoms with van der Waals surface area (Å²) < 4.78 is 0. The van der Waals surface area contributed by atoms with Crippen LogP contribution in [0.2, 0.25) is 0 Å². The number of aromatic nitrogens is 1. The van der Waals surface area contributed by atoms with E-state index in [0.717, 1.165) is 24.8 Å². The molecular formula is C26H26N2O. The third-order valence-electron chi connectivity index (χ3n) is 4.56. The molecule has 2 aromatic carbocycles. The molecule has 0 aliphatic heterocycles. The van der Waals surface area contributed by atoms with Crippen LogP contribution in [0.4, 0.5) is 0 Å². The Kier molecular flexibility index (Phi) is 7.97. The topological polar surface area (TPSA) is 42.0 Å². The van der Waals surface area contributed by atoms with E-state index in [2.05, 4.69) is 64.9 Å². The van der Waals surface area contributed by atoms with Crippen molar-refractivity contribution >= 4 is 17.6 Å². The van der Waals surface area contributed by atoms with Crippen LogP contribution < -0.4 is 5.32 Å². The Morgan fingerprint density at radius 3 is 2.17 bits per heavy atom. The highest BCUT2D eigenvalue weighted by molar-refractivity contribution is 5.91. The summed E-state index contributed by atoms with van der Waals surface area (Å²) in [5.74, 6) is -0.0707. The number of allylic oxidation sites excluding steroid dienone is 1. The first kappa shape index (κ1) is 20.3. The highest BCUT2D eigenvalue weighted by Crippen LogP contribution is 2.24. The van der Waals surface area contributed by atoms with Crippen LogP contribution in [-0.2, 0) is 4.79 Å². The number of amides is 1. The molecule has 0 saturated heterocycles. The van der Waals surface area contributed by atoms with Gasteiger partial charge in [0.25, 0.3) is 0 Å². The van der Waals surface area contributed by atoms with E-state index >= 15 is 0 Å². The van der Waals surface area contributed by atoms with Gasteiger partial charge in [-0.3, -0.25) is 9.78 Å². The molecule has 3 aromatic rings. The summed E-state index contributed by atoms with van der Waals surface area (Å²) in [4.78, 5) is 15.9. The van der Waals surface area contributed by atoms with Crippen molar-refractivity contribution in [3.63, 3.8) is 0 Å². The second kappa shape index (κ2) is 11.4. The first-order chi connectivity index (χ1) is 14.3. The van der Waals surface area contributed by atoms with E-state index in [1.165, 1.54) is 16.7 Å². The lowest BCUT2D eigenvalue weighted by Crippen LogP contribution is -2.21. The predicted molar refractivity (Wildman–Crippen MR) is 120 cm³/mol. The molecule has 1 heterocycles. The minimum atomic E-state index is -0.0707. The van der Waals surface area contributed by atoms with Gasteiger partial charge in [-0.25, -0.2) is 0 Å². The van der Waals surface area contributed by atoms with Crippen LogP contribution in [0, 0.1) is 0 Å². The highest BCUT2D eigenvalue weighted by Gasteiger charge is 2.03. The molecular weight excluding hydrogens is 356 g/mol. The SMILES string of the molecule is O=C(C=Cc1cccnc1)NCCCCC=C(c1ccccc1)c1ccccc1. The van der Waals surface area contributed by atoms with Gasteiger partial charge in [-0.05, 0) is 53.7 Å². The molecule has 0 unspecified atom stereocenters. The molecule has 1 N–H and O–H groups in total. The molecule has 0 aliphatic carbocycles. The zero-order chi connectivity index (χ0) is 20.2. The number of rotatable bonds is 9. The Hall–Kier alpha value is -3.46. The smallest absolute Gasteiger partial charge is 0.243 e. The monoisotopic (exact) mass is 382 g/mol. The van der Waals surface area contributed by atoms with Crippen LogP contribution in [0.3, 0.4) is 0 Å². The Bertz CT molecular complexity index is 891. The average molecular weight is 383 g/mol. The molecule has 0 atom stereocenters. The van der Waals surface area contributed by atoms with Gasteiger partial charge in [0.15, 0.2) is 0 Å². The van der Waals surface area contributed by atoms with E-state index in [1.54, 1.807) is 24.5 Å². The molecule has 3 rings (SSSR count). The van der Waals surface area contributed by atoms with E-state index in [1.807, 2.05) is 24.3 Å². The van der Waals surface area contributed by atoms with Gasteiger partial charge in [0.2, 0.25) is 5.91 Å². The van der Waals surface area contributed by atoms with Crippen LogP contribution in [-0.4, -0.2) is 17.4 Å². The van der Waals surface area contributed by atoms with Gasteiger partial charge in [-0.1, -0.05) is 72.8 Å². The molecule has 29 heavy (non-hydrogen) atoms. The van der Waals surface area contributed by atoms with Crippen molar-refractivity contribution in [2.24, 2.45) is 0 Å². The lowest BCUT2D eigenvalue weighted by molar-refractivity contribution is -0.116. The maximum absolute atomic E-state index is 11.9. The third kappa shape index (κ3) is 6.89. The van der Waals surface area contributed by atoms with Crippen molar-refractivity contribution in [1.82, 2.24) is 10.3 Å². The molecule has 3 nitrogen and oxygen atoms in total. The van der Waals surface area contributed by atoms with Crippen LogP contribution in [0.15, 0.2) is 97.3 Å². The quantitative estimate of drug-likeness (QED) is 0.391. The molecule has 0 fully saturated rings. The number of hydrogen-bond donors (Lipinski definition) is 1. The molecule has 0 spiro atoms. The molecule has 3 heteroatoms. The lowest BCUT2D eigenvalue weighted by atomic mass is 9.96. The Morgan fingerprint density at radius 1 is 0.862 bits per heavy atom. The Balaban J connectivity index is 1.47. The van der Waals surface area contributed by atoms with Crippen molar-refractivity contribution < 1.29 is 4.79 Å². The number of benzene rings is 2. The van der Waals surface area contributed by atoms with Gasteiger partial charge in [0.05, 0.1) is 0 Å². The Morgan fingerprint density at radius 2 is 1.55 bits per heavy atom. The second-order valence-corrected chi connectivity index (χ2v) is 6.76. The molecule has 0 radical (unpaired) electrons. The van der Waals surface area contributed by atoms with Crippen LogP contribution in [0.1, 0.15) is 36.0 Å². The van der Waals surface area contributed by atoms with Crippen molar-refractivity contribution in [2.75, 3.05) is 6.54 Å². The van der Waals surface area contributed by atoms with Gasteiger partial charge in [-0.15, -0.1) is 0 Å². The van der Waals surface area contributed by atoms with E-state index < -0.39 is 0 Å². The Labute approximate surface area is 172 Å². The number of hydrogen-bond acceptors (Lipinski definition) is 2. The van der Waals surface area contributed by atoms with E-state index in [4.69, 9.17) is 0 Å². The number of pyridine rings is 1. The summed E-state index contributed by atoms with van der Waals surface area (Å²) in [7, 11) is 0. The molecule has 0 bridgehead atoms. The lowest BCUT2D eigenvalue weighted by Gasteiger charge is -2.09. The summed E-state index contributed by atoms with van der Waals surface area (Å²) in [6, 6.07) is 24.7. The van der Waals surface area contributed by atoms with Crippen molar-refractivity contribution in [2.45, 2.75) is 19.3 Å². The average Bonchev–Trinajstić information content (AvgIpc) is 2.79. The highest BCUT2D eigenvalue weighted by atomic mass is 16.1. The normalized spacial score (nSPS) is 10.6. The first-order valence-corrected chi connectivity index (χ1v) is 10.00. The number of carbonyl (C=O) groups is 1. The third-order valence-corrected chi connectivity index (χ3v) is 4.56. The molecule has 1 amide bonds. The van der Waals surface area contributed by atoms with Crippen LogP contribution in [0.25, 0.3) is 11.6 Å². The maximum atomic E-state index is 11.9. The largest absolute Gasteiger partial charge is 0.353 e. The first-order valence-electron chi connectivity index (χ1n) is 10.00. The van der Waals surface area contributed by atoms with Gasteiger partial charge in [-0.2, -0.15) is 0 Å². The number of carbonyl (C=O) groups excluding carboxylic acids is 1. The fourth-order valence-corrected chi connectivity index (χ4v) is 3.07. The van der Waals surface area contributed by atoms with Crippen LogP contribution in [0.5, 0.6) is 0 Å². The standard InChI is InChI=1S/C26H26N2O/c29-26(18-17-22-11-10-19-27-21-22)28-20-9-3-8-16-25(23-12-4-1-5-13-23)24-14-6-2-7-15-24/h1-2,4-7,10-19,21H,3,8-9,20H2,(H,28,29). The predicted octanol–water partition coefficient (Wildman–Crippen LogP) is 5.51. The maximum Gasteiger partial charge on any atom is 0.243 e. The van der Waals surface area contributed by atoms with Crippen molar-refractivity contribution in [3.05, 3.63) is 114 Å². The fraction of sp³-hybridized carbons (Fsp3) is 0.154. The van der Waals surface area contributed by atoms with Gasteiger partial charge >= 0.3 is 0 Å². The number of unbranched alkanes of at least 4 members (excludes halogenated alkanes) is 2. The molecule has 146 valence electrons. The summed E-state index contributed by atoms with van der Waals surface area (Å²) >= 11 is 0. The van der Waals surface area contributed by atoms with Gasteiger partial charge < -0.3 is 5.32 Å². The fourth-order valence-electron chi connectivity index (χ4n) is 3.07. The number of nitrogens with zero attached hydrogens (tertiary/aromatic N) is 1.